The molecule has 2 aromatic rings. The van der Waals surface area contributed by atoms with E-state index in [1.165, 1.54) is 28.6 Å². The maximum Gasteiger partial charge on any atom is 0.338 e. The maximum absolute atomic E-state index is 13.0. The van der Waals surface area contributed by atoms with Crippen molar-refractivity contribution in [3.05, 3.63) is 59.7 Å². The number of nitrogens with zero attached hydrogens (tertiary/aromatic N) is 1. The number of rotatable bonds is 8. The van der Waals surface area contributed by atoms with Crippen molar-refractivity contribution < 1.29 is 27.5 Å². The predicted octanol–water partition coefficient (Wildman–Crippen LogP) is 2.73. The van der Waals surface area contributed by atoms with Gasteiger partial charge in [0.2, 0.25) is 10.0 Å². The summed E-state index contributed by atoms with van der Waals surface area (Å²) in [5.41, 5.74) is 0.875. The van der Waals surface area contributed by atoms with Gasteiger partial charge < -0.3 is 14.8 Å². The lowest BCUT2D eigenvalue weighted by Crippen LogP contribution is -2.32. The maximum atomic E-state index is 13.0. The highest BCUT2D eigenvalue weighted by Crippen LogP contribution is 2.21. The second-order valence-corrected chi connectivity index (χ2v) is 9.45. The summed E-state index contributed by atoms with van der Waals surface area (Å²) in [7, 11) is -2.14. The van der Waals surface area contributed by atoms with Crippen LogP contribution in [0.1, 0.15) is 41.6 Å². The Labute approximate surface area is 188 Å². The number of para-hydroxylation sites is 1. The molecule has 172 valence electrons. The number of esters is 1. The summed E-state index contributed by atoms with van der Waals surface area (Å²) in [6, 6.07) is 13.0. The van der Waals surface area contributed by atoms with E-state index in [0.29, 0.717) is 18.8 Å². The number of sulfonamides is 1. The van der Waals surface area contributed by atoms with Crippen molar-refractivity contribution in [2.24, 2.45) is 0 Å². The first-order chi connectivity index (χ1) is 15.4. The molecule has 1 amide bonds. The zero-order chi connectivity index (χ0) is 23.0. The molecule has 1 aliphatic heterocycles. The molecular weight excluding hydrogens is 432 g/mol. The summed E-state index contributed by atoms with van der Waals surface area (Å²) in [4.78, 5) is 24.5. The van der Waals surface area contributed by atoms with E-state index in [9.17, 15) is 18.0 Å². The molecule has 0 radical (unpaired) electrons. The Kier molecular flexibility index (Phi) is 8.24. The fraction of sp³-hybridized carbons (Fsp3) is 0.391. The minimum atomic E-state index is -3.68. The Morgan fingerprint density at radius 3 is 2.44 bits per heavy atom. The molecule has 1 heterocycles. The third kappa shape index (κ3) is 6.08. The molecule has 0 spiro atoms. The van der Waals surface area contributed by atoms with Crippen LogP contribution in [-0.4, -0.2) is 51.4 Å². The standard InChI is InChI=1S/C23H28N2O6S/c1-30-21-12-5-4-9-19(21)16-24-22(26)17-31-23(27)18-10-8-11-20(15-18)32(28,29)25-13-6-2-3-7-14-25/h4-5,8-12,15H,2-3,6-7,13-14,16-17H2,1H3,(H,24,26). The monoisotopic (exact) mass is 460 g/mol. The Morgan fingerprint density at radius 2 is 1.72 bits per heavy atom. The van der Waals surface area contributed by atoms with E-state index in [2.05, 4.69) is 5.32 Å². The first kappa shape index (κ1) is 23.7. The number of amides is 1. The van der Waals surface area contributed by atoms with Crippen LogP contribution in [0.15, 0.2) is 53.4 Å². The van der Waals surface area contributed by atoms with Crippen molar-refractivity contribution in [1.29, 1.82) is 0 Å². The van der Waals surface area contributed by atoms with E-state index in [0.717, 1.165) is 31.2 Å². The summed E-state index contributed by atoms with van der Waals surface area (Å²) < 4.78 is 37.7. The number of carbonyl (C=O) groups is 2. The molecular formula is C23H28N2O6S. The van der Waals surface area contributed by atoms with Crippen molar-refractivity contribution >= 4 is 21.9 Å². The molecule has 2 aromatic carbocycles. The number of methoxy groups -OCH3 is 1. The van der Waals surface area contributed by atoms with Crippen LogP contribution in [0.25, 0.3) is 0 Å². The quantitative estimate of drug-likeness (QED) is 0.608. The van der Waals surface area contributed by atoms with Gasteiger partial charge in [-0.1, -0.05) is 37.1 Å². The molecule has 9 heteroatoms. The SMILES string of the molecule is COc1ccccc1CNC(=O)COC(=O)c1cccc(S(=O)(=O)N2CCCCCC2)c1. The highest BCUT2D eigenvalue weighted by molar-refractivity contribution is 7.89. The molecule has 3 rings (SSSR count). The van der Waals surface area contributed by atoms with Gasteiger partial charge in [-0.2, -0.15) is 4.31 Å². The van der Waals surface area contributed by atoms with Gasteiger partial charge in [0.05, 0.1) is 17.6 Å². The minimum Gasteiger partial charge on any atom is -0.496 e. The van der Waals surface area contributed by atoms with Gasteiger partial charge in [0.1, 0.15) is 5.75 Å². The topological polar surface area (TPSA) is 102 Å². The van der Waals surface area contributed by atoms with E-state index in [1.54, 1.807) is 13.2 Å². The molecule has 0 atom stereocenters. The molecule has 1 N–H and O–H groups in total. The van der Waals surface area contributed by atoms with Gasteiger partial charge in [0, 0.05) is 25.2 Å². The summed E-state index contributed by atoms with van der Waals surface area (Å²) in [5.74, 6) is -0.588. The highest BCUT2D eigenvalue weighted by Gasteiger charge is 2.26. The van der Waals surface area contributed by atoms with Crippen LogP contribution < -0.4 is 10.1 Å². The molecule has 0 saturated carbocycles. The van der Waals surface area contributed by atoms with Gasteiger partial charge in [0.25, 0.3) is 5.91 Å². The smallest absolute Gasteiger partial charge is 0.338 e. The summed E-state index contributed by atoms with van der Waals surface area (Å²) in [6.45, 7) is 0.702. The lowest BCUT2D eigenvalue weighted by atomic mass is 10.2. The largest absolute Gasteiger partial charge is 0.496 e. The van der Waals surface area contributed by atoms with Gasteiger partial charge >= 0.3 is 5.97 Å². The number of hydrogen-bond acceptors (Lipinski definition) is 6. The molecule has 0 bridgehead atoms. The second-order valence-electron chi connectivity index (χ2n) is 7.51. The average Bonchev–Trinajstić information content (AvgIpc) is 3.11. The summed E-state index contributed by atoms with van der Waals surface area (Å²) in [6.07, 6.45) is 3.67. The fourth-order valence-electron chi connectivity index (χ4n) is 3.52. The van der Waals surface area contributed by atoms with Crippen molar-refractivity contribution in [3.8, 4) is 5.75 Å². The van der Waals surface area contributed by atoms with Crippen molar-refractivity contribution in [2.75, 3.05) is 26.8 Å². The Hall–Kier alpha value is -2.91. The van der Waals surface area contributed by atoms with Crippen LogP contribution in [0, 0.1) is 0 Å². The predicted molar refractivity (Wildman–Crippen MR) is 119 cm³/mol. The van der Waals surface area contributed by atoms with Crippen LogP contribution >= 0.6 is 0 Å². The van der Waals surface area contributed by atoms with E-state index < -0.39 is 28.5 Å². The van der Waals surface area contributed by atoms with E-state index in [4.69, 9.17) is 9.47 Å². The van der Waals surface area contributed by atoms with Crippen molar-refractivity contribution in [3.63, 3.8) is 0 Å². The summed E-state index contributed by atoms with van der Waals surface area (Å²) in [5, 5.41) is 2.67. The summed E-state index contributed by atoms with van der Waals surface area (Å²) >= 11 is 0. The molecule has 0 aromatic heterocycles. The van der Waals surface area contributed by atoms with Gasteiger partial charge in [-0.25, -0.2) is 13.2 Å². The first-order valence-corrected chi connectivity index (χ1v) is 12.0. The van der Waals surface area contributed by atoms with Crippen LogP contribution in [0.4, 0.5) is 0 Å². The molecule has 0 aliphatic carbocycles. The number of benzene rings is 2. The Bertz CT molecular complexity index is 1050. The molecule has 0 unspecified atom stereocenters. The molecule has 1 fully saturated rings. The number of carbonyl (C=O) groups excluding carboxylic acids is 2. The lowest BCUT2D eigenvalue weighted by molar-refractivity contribution is -0.124. The lowest BCUT2D eigenvalue weighted by Gasteiger charge is -2.20. The van der Waals surface area contributed by atoms with Crippen molar-refractivity contribution in [2.45, 2.75) is 37.1 Å². The third-order valence-corrected chi connectivity index (χ3v) is 7.17. The fourth-order valence-corrected chi connectivity index (χ4v) is 5.09. The number of nitrogens with one attached hydrogen (secondary N) is 1. The molecule has 8 nitrogen and oxygen atoms in total. The minimum absolute atomic E-state index is 0.0504. The Morgan fingerprint density at radius 1 is 1.00 bits per heavy atom. The molecule has 1 saturated heterocycles. The number of hydrogen-bond donors (Lipinski definition) is 1. The zero-order valence-electron chi connectivity index (χ0n) is 18.1. The second kappa shape index (κ2) is 11.1. The molecule has 1 aliphatic rings. The van der Waals surface area contributed by atoms with E-state index >= 15 is 0 Å². The van der Waals surface area contributed by atoms with Gasteiger partial charge in [-0.05, 0) is 37.1 Å². The zero-order valence-corrected chi connectivity index (χ0v) is 18.9. The van der Waals surface area contributed by atoms with Gasteiger partial charge in [-0.15, -0.1) is 0 Å². The average molecular weight is 461 g/mol. The third-order valence-electron chi connectivity index (χ3n) is 5.28. The van der Waals surface area contributed by atoms with Gasteiger partial charge in [0.15, 0.2) is 6.61 Å². The van der Waals surface area contributed by atoms with Crippen LogP contribution in [-0.2, 0) is 26.1 Å². The van der Waals surface area contributed by atoms with Crippen molar-refractivity contribution in [1.82, 2.24) is 9.62 Å². The normalized spacial score (nSPS) is 14.9. The first-order valence-electron chi connectivity index (χ1n) is 10.6. The van der Waals surface area contributed by atoms with E-state index in [-0.39, 0.29) is 17.0 Å². The van der Waals surface area contributed by atoms with E-state index in [1.807, 2.05) is 18.2 Å². The highest BCUT2D eigenvalue weighted by atomic mass is 32.2. The van der Waals surface area contributed by atoms with Crippen LogP contribution in [0.2, 0.25) is 0 Å². The van der Waals surface area contributed by atoms with Gasteiger partial charge in [-0.3, -0.25) is 4.79 Å². The number of ether oxygens (including phenoxy) is 2. The van der Waals surface area contributed by atoms with Crippen LogP contribution in [0.3, 0.4) is 0 Å². The molecule has 32 heavy (non-hydrogen) atoms. The van der Waals surface area contributed by atoms with Crippen LogP contribution in [0.5, 0.6) is 5.75 Å². The Balaban J connectivity index is 1.58.